The SMILES string of the molecule is O=C(/C=C/c1ccc([N+](=O)[O-])cc1)c1cccc(Br)n1. The van der Waals surface area contributed by atoms with Gasteiger partial charge in [0.25, 0.3) is 5.69 Å². The number of ketones is 1. The molecule has 1 heterocycles. The van der Waals surface area contributed by atoms with Crippen molar-refractivity contribution in [2.45, 2.75) is 0 Å². The van der Waals surface area contributed by atoms with Crippen molar-refractivity contribution in [1.82, 2.24) is 4.98 Å². The molecule has 0 N–H and O–H groups in total. The van der Waals surface area contributed by atoms with Crippen LogP contribution in [0.2, 0.25) is 0 Å². The second-order valence-electron chi connectivity index (χ2n) is 3.89. The molecule has 20 heavy (non-hydrogen) atoms. The molecule has 2 rings (SSSR count). The van der Waals surface area contributed by atoms with Crippen molar-refractivity contribution >= 4 is 33.5 Å². The second kappa shape index (κ2) is 6.21. The van der Waals surface area contributed by atoms with Gasteiger partial charge in [0, 0.05) is 12.1 Å². The molecule has 1 aromatic heterocycles. The van der Waals surface area contributed by atoms with Gasteiger partial charge in [-0.15, -0.1) is 0 Å². The summed E-state index contributed by atoms with van der Waals surface area (Å²) in [6.45, 7) is 0. The van der Waals surface area contributed by atoms with E-state index in [-0.39, 0.29) is 11.5 Å². The molecule has 5 nitrogen and oxygen atoms in total. The summed E-state index contributed by atoms with van der Waals surface area (Å²) in [5.41, 5.74) is 1.05. The molecule has 0 amide bonds. The highest BCUT2D eigenvalue weighted by Gasteiger charge is 2.05. The molecule has 0 spiro atoms. The highest BCUT2D eigenvalue weighted by Crippen LogP contribution is 2.13. The zero-order valence-corrected chi connectivity index (χ0v) is 11.8. The van der Waals surface area contributed by atoms with E-state index < -0.39 is 4.92 Å². The number of allylic oxidation sites excluding steroid dienone is 1. The molecular weight excluding hydrogens is 324 g/mol. The van der Waals surface area contributed by atoms with Gasteiger partial charge in [-0.2, -0.15) is 0 Å². The summed E-state index contributed by atoms with van der Waals surface area (Å²) in [5, 5.41) is 10.5. The number of benzene rings is 1. The number of non-ortho nitro benzene ring substituents is 1. The number of nitro groups is 1. The monoisotopic (exact) mass is 332 g/mol. The van der Waals surface area contributed by atoms with Crippen LogP contribution in [0, 0.1) is 10.1 Å². The van der Waals surface area contributed by atoms with E-state index >= 15 is 0 Å². The molecule has 0 aliphatic rings. The van der Waals surface area contributed by atoms with Crippen molar-refractivity contribution in [3.05, 3.63) is 74.5 Å². The van der Waals surface area contributed by atoms with Gasteiger partial charge in [-0.1, -0.05) is 12.1 Å². The van der Waals surface area contributed by atoms with Crippen LogP contribution in [0.15, 0.2) is 53.1 Å². The van der Waals surface area contributed by atoms with Crippen molar-refractivity contribution in [3.63, 3.8) is 0 Å². The van der Waals surface area contributed by atoms with Crippen molar-refractivity contribution < 1.29 is 9.72 Å². The van der Waals surface area contributed by atoms with Crippen LogP contribution in [-0.2, 0) is 0 Å². The van der Waals surface area contributed by atoms with Gasteiger partial charge in [-0.25, -0.2) is 4.98 Å². The molecule has 0 atom stereocenters. The molecular formula is C14H9BrN2O3. The fraction of sp³-hybridized carbons (Fsp3) is 0. The quantitative estimate of drug-likeness (QED) is 0.281. The van der Waals surface area contributed by atoms with Crippen molar-refractivity contribution in [2.24, 2.45) is 0 Å². The minimum Gasteiger partial charge on any atom is -0.288 e. The van der Waals surface area contributed by atoms with Crippen molar-refractivity contribution in [2.75, 3.05) is 0 Å². The summed E-state index contributed by atoms with van der Waals surface area (Å²) in [6, 6.07) is 11.0. The normalized spacial score (nSPS) is 10.7. The van der Waals surface area contributed by atoms with Gasteiger partial charge < -0.3 is 0 Å². The highest BCUT2D eigenvalue weighted by atomic mass is 79.9. The van der Waals surface area contributed by atoms with Crippen LogP contribution >= 0.6 is 15.9 Å². The molecule has 0 saturated carbocycles. The maximum atomic E-state index is 11.9. The summed E-state index contributed by atoms with van der Waals surface area (Å²) >= 11 is 3.20. The minimum atomic E-state index is -0.468. The number of nitro benzene ring substituents is 1. The lowest BCUT2D eigenvalue weighted by Crippen LogP contribution is -1.97. The number of hydrogen-bond donors (Lipinski definition) is 0. The molecule has 1 aromatic carbocycles. The Labute approximate surface area is 123 Å². The lowest BCUT2D eigenvalue weighted by atomic mass is 10.1. The summed E-state index contributed by atoms with van der Waals surface area (Å²) in [5.74, 6) is -0.232. The third kappa shape index (κ3) is 3.58. The lowest BCUT2D eigenvalue weighted by molar-refractivity contribution is -0.384. The molecule has 0 bridgehead atoms. The Morgan fingerprint density at radius 2 is 1.90 bits per heavy atom. The summed E-state index contributed by atoms with van der Waals surface area (Å²) in [4.78, 5) is 26.0. The summed E-state index contributed by atoms with van der Waals surface area (Å²) in [7, 11) is 0. The maximum Gasteiger partial charge on any atom is 0.269 e. The van der Waals surface area contributed by atoms with Gasteiger partial charge in [0.15, 0.2) is 0 Å². The minimum absolute atomic E-state index is 0.0159. The molecule has 2 aromatic rings. The van der Waals surface area contributed by atoms with E-state index in [4.69, 9.17) is 0 Å². The molecule has 0 radical (unpaired) electrons. The van der Waals surface area contributed by atoms with E-state index in [2.05, 4.69) is 20.9 Å². The van der Waals surface area contributed by atoms with Crippen LogP contribution in [0.1, 0.15) is 16.1 Å². The molecule has 0 aliphatic carbocycles. The number of halogens is 1. The highest BCUT2D eigenvalue weighted by molar-refractivity contribution is 9.10. The van der Waals surface area contributed by atoms with Crippen LogP contribution in [0.25, 0.3) is 6.08 Å². The fourth-order valence-corrected chi connectivity index (χ4v) is 1.85. The molecule has 0 aliphatic heterocycles. The Morgan fingerprint density at radius 1 is 1.20 bits per heavy atom. The number of hydrogen-bond acceptors (Lipinski definition) is 4. The van der Waals surface area contributed by atoms with E-state index in [0.717, 1.165) is 0 Å². The van der Waals surface area contributed by atoms with Gasteiger partial charge in [0.2, 0.25) is 5.78 Å². The van der Waals surface area contributed by atoms with Gasteiger partial charge in [-0.3, -0.25) is 14.9 Å². The van der Waals surface area contributed by atoms with E-state index in [9.17, 15) is 14.9 Å². The predicted octanol–water partition coefficient (Wildman–Crippen LogP) is 3.65. The van der Waals surface area contributed by atoms with Crippen LogP contribution < -0.4 is 0 Å². The number of aromatic nitrogens is 1. The molecule has 100 valence electrons. The molecule has 6 heteroatoms. The lowest BCUT2D eigenvalue weighted by Gasteiger charge is -1.96. The van der Waals surface area contributed by atoms with Crippen LogP contribution in [0.5, 0.6) is 0 Å². The average molecular weight is 333 g/mol. The number of carbonyl (C=O) groups excluding carboxylic acids is 1. The summed E-state index contributed by atoms with van der Waals surface area (Å²) in [6.07, 6.45) is 2.98. The first kappa shape index (κ1) is 14.1. The van der Waals surface area contributed by atoms with E-state index in [1.165, 1.54) is 18.2 Å². The van der Waals surface area contributed by atoms with E-state index in [0.29, 0.717) is 15.9 Å². The van der Waals surface area contributed by atoms with Gasteiger partial charge in [-0.05, 0) is 51.8 Å². The third-order valence-electron chi connectivity index (χ3n) is 2.50. The molecule has 0 fully saturated rings. The first-order chi connectivity index (χ1) is 9.56. The summed E-state index contributed by atoms with van der Waals surface area (Å²) < 4.78 is 0.590. The zero-order chi connectivity index (χ0) is 14.5. The van der Waals surface area contributed by atoms with Crippen molar-refractivity contribution in [1.29, 1.82) is 0 Å². The predicted molar refractivity (Wildman–Crippen MR) is 78.4 cm³/mol. The van der Waals surface area contributed by atoms with Crippen LogP contribution in [0.3, 0.4) is 0 Å². The first-order valence-electron chi connectivity index (χ1n) is 5.66. The number of carbonyl (C=O) groups is 1. The van der Waals surface area contributed by atoms with Gasteiger partial charge in [0.1, 0.15) is 10.3 Å². The number of rotatable bonds is 4. The first-order valence-corrected chi connectivity index (χ1v) is 6.45. The molecule has 0 saturated heterocycles. The van der Waals surface area contributed by atoms with Crippen LogP contribution in [-0.4, -0.2) is 15.7 Å². The smallest absolute Gasteiger partial charge is 0.269 e. The fourth-order valence-electron chi connectivity index (χ4n) is 1.51. The standard InChI is InChI=1S/C14H9BrN2O3/c15-14-3-1-2-12(16-14)13(18)9-6-10-4-7-11(8-5-10)17(19)20/h1-9H/b9-6+. The second-order valence-corrected chi connectivity index (χ2v) is 4.70. The Morgan fingerprint density at radius 3 is 2.50 bits per heavy atom. The number of pyridine rings is 1. The Bertz CT molecular complexity index is 681. The zero-order valence-electron chi connectivity index (χ0n) is 10.2. The maximum absolute atomic E-state index is 11.9. The van der Waals surface area contributed by atoms with Crippen LogP contribution in [0.4, 0.5) is 5.69 Å². The Hall–Kier alpha value is -2.34. The van der Waals surface area contributed by atoms with Crippen molar-refractivity contribution in [3.8, 4) is 0 Å². The third-order valence-corrected chi connectivity index (χ3v) is 2.94. The van der Waals surface area contributed by atoms with E-state index in [1.54, 1.807) is 36.4 Å². The number of nitrogens with zero attached hydrogens (tertiary/aromatic N) is 2. The van der Waals surface area contributed by atoms with Gasteiger partial charge in [0.05, 0.1) is 4.92 Å². The Balaban J connectivity index is 2.13. The van der Waals surface area contributed by atoms with E-state index in [1.807, 2.05) is 0 Å². The molecule has 0 unspecified atom stereocenters. The Kier molecular flexibility index (Phi) is 4.37. The largest absolute Gasteiger partial charge is 0.288 e. The average Bonchev–Trinajstić information content (AvgIpc) is 2.45. The topological polar surface area (TPSA) is 73.1 Å². The van der Waals surface area contributed by atoms with Gasteiger partial charge >= 0.3 is 0 Å².